The lowest BCUT2D eigenvalue weighted by Crippen LogP contribution is -2.37. The fourth-order valence-electron chi connectivity index (χ4n) is 4.05. The molecule has 5 aromatic rings. The molecule has 0 atom stereocenters. The Hall–Kier alpha value is -3.52. The minimum atomic E-state index is 0.822. The molecule has 2 nitrogen and oxygen atoms in total. The Kier molecular flexibility index (Phi) is 4.10. The Labute approximate surface area is 165 Å². The van der Waals surface area contributed by atoms with Gasteiger partial charge in [0.15, 0.2) is 25.1 Å². The minimum absolute atomic E-state index is 0.822. The summed E-state index contributed by atoms with van der Waals surface area (Å²) in [6.45, 7) is 3.00. The molecule has 2 heteroatoms. The highest BCUT2D eigenvalue weighted by molar-refractivity contribution is 5.95. The molecule has 5 rings (SSSR count). The first-order chi connectivity index (χ1) is 13.8. The zero-order valence-electron chi connectivity index (χ0n) is 15.9. The van der Waals surface area contributed by atoms with Crippen molar-refractivity contribution in [2.24, 2.45) is 0 Å². The van der Waals surface area contributed by atoms with Crippen LogP contribution in [0.15, 0.2) is 104 Å². The summed E-state index contributed by atoms with van der Waals surface area (Å²) in [5.74, 6) is 0. The highest BCUT2D eigenvalue weighted by Gasteiger charge is 2.19. The molecule has 134 valence electrons. The van der Waals surface area contributed by atoms with E-state index in [0.29, 0.717) is 0 Å². The molecule has 0 fully saturated rings. The van der Waals surface area contributed by atoms with Crippen molar-refractivity contribution in [3.63, 3.8) is 0 Å². The number of pyridine rings is 3. The van der Waals surface area contributed by atoms with Crippen LogP contribution >= 0.6 is 0 Å². The largest absolute Gasteiger partial charge is 0.218 e. The molecule has 0 saturated heterocycles. The summed E-state index contributed by atoms with van der Waals surface area (Å²) < 4.78 is 4.58. The Balaban J connectivity index is 1.70. The molecular weight excluding hydrogens is 340 g/mol. The molecule has 28 heavy (non-hydrogen) atoms. The van der Waals surface area contributed by atoms with Crippen LogP contribution < -0.4 is 8.97 Å². The van der Waals surface area contributed by atoms with Gasteiger partial charge in [-0.25, -0.2) is 0 Å². The number of nitrogens with zero attached hydrogens (tertiary/aromatic N) is 2. The zero-order chi connectivity index (χ0) is 18.9. The Morgan fingerprint density at radius 1 is 0.679 bits per heavy atom. The summed E-state index contributed by atoms with van der Waals surface area (Å²) >= 11 is 0. The highest BCUT2D eigenvalue weighted by Crippen LogP contribution is 2.23. The Morgan fingerprint density at radius 2 is 1.39 bits per heavy atom. The van der Waals surface area contributed by atoms with Crippen molar-refractivity contribution < 1.29 is 8.97 Å². The van der Waals surface area contributed by atoms with Crippen molar-refractivity contribution >= 4 is 16.3 Å². The van der Waals surface area contributed by atoms with Crippen LogP contribution in [-0.4, -0.2) is 0 Å². The fourth-order valence-corrected chi connectivity index (χ4v) is 4.05. The first-order valence-electron chi connectivity index (χ1n) is 9.66. The Morgan fingerprint density at radius 3 is 2.29 bits per heavy atom. The van der Waals surface area contributed by atoms with Crippen molar-refractivity contribution in [1.82, 2.24) is 0 Å². The molecule has 0 aliphatic rings. The normalized spacial score (nSPS) is 11.2. The number of hydrogen-bond acceptors (Lipinski definition) is 0. The van der Waals surface area contributed by atoms with E-state index in [-0.39, 0.29) is 0 Å². The zero-order valence-corrected chi connectivity index (χ0v) is 15.9. The molecule has 0 saturated carbocycles. The quantitative estimate of drug-likeness (QED) is 0.319. The molecule has 0 spiro atoms. The predicted molar refractivity (Wildman–Crippen MR) is 113 cm³/mol. The van der Waals surface area contributed by atoms with E-state index < -0.39 is 0 Å². The summed E-state index contributed by atoms with van der Waals surface area (Å²) in [5, 5.41) is 2.59. The van der Waals surface area contributed by atoms with Crippen molar-refractivity contribution in [1.29, 1.82) is 0 Å². The highest BCUT2D eigenvalue weighted by atomic mass is 15.0. The van der Waals surface area contributed by atoms with E-state index in [1.165, 1.54) is 38.7 Å². The number of rotatable bonds is 3. The van der Waals surface area contributed by atoms with Crippen molar-refractivity contribution in [3.8, 4) is 11.3 Å². The van der Waals surface area contributed by atoms with E-state index in [4.69, 9.17) is 0 Å². The molecule has 0 N–H and O–H groups in total. The number of aryl methyl sites for hydroxylation is 1. The van der Waals surface area contributed by atoms with Gasteiger partial charge in [0.1, 0.15) is 0 Å². The summed E-state index contributed by atoms with van der Waals surface area (Å²) in [5.41, 5.74) is 6.35. The van der Waals surface area contributed by atoms with Crippen LogP contribution in [0.1, 0.15) is 11.1 Å². The number of hydrogen-bond donors (Lipinski definition) is 0. The van der Waals surface area contributed by atoms with Crippen molar-refractivity contribution in [2.45, 2.75) is 13.5 Å². The maximum atomic E-state index is 2.35. The molecular formula is C26H22N2+2. The predicted octanol–water partition coefficient (Wildman–Crippen LogP) is 4.89. The topological polar surface area (TPSA) is 7.98 Å². The van der Waals surface area contributed by atoms with Gasteiger partial charge in [0, 0.05) is 35.2 Å². The third-order valence-corrected chi connectivity index (χ3v) is 5.44. The molecule has 0 aliphatic carbocycles. The van der Waals surface area contributed by atoms with E-state index in [0.717, 1.165) is 6.54 Å². The van der Waals surface area contributed by atoms with Gasteiger partial charge in [0.25, 0.3) is 0 Å². The lowest BCUT2D eigenvalue weighted by atomic mass is 10.0. The molecule has 0 unspecified atom stereocenters. The lowest BCUT2D eigenvalue weighted by molar-refractivity contribution is -0.678. The van der Waals surface area contributed by atoms with Gasteiger partial charge in [-0.1, -0.05) is 36.4 Å². The molecule has 2 aromatic carbocycles. The van der Waals surface area contributed by atoms with Crippen LogP contribution in [0.25, 0.3) is 27.5 Å². The second-order valence-corrected chi connectivity index (χ2v) is 7.22. The third kappa shape index (κ3) is 2.84. The Bertz CT molecular complexity index is 1300. The molecule has 0 radical (unpaired) electrons. The van der Waals surface area contributed by atoms with E-state index in [9.17, 15) is 0 Å². The van der Waals surface area contributed by atoms with Gasteiger partial charge in [-0.2, -0.15) is 8.97 Å². The van der Waals surface area contributed by atoms with Gasteiger partial charge >= 0.3 is 0 Å². The van der Waals surface area contributed by atoms with Crippen LogP contribution in [0.4, 0.5) is 0 Å². The summed E-state index contributed by atoms with van der Waals surface area (Å²) in [6.07, 6.45) is 6.57. The second kappa shape index (κ2) is 6.90. The SMILES string of the molecule is Cc1ccccc1-c1cccc[n+]1Cc1c[n+]2ccccc2c2ccccc12. The van der Waals surface area contributed by atoms with E-state index in [1.807, 2.05) is 0 Å². The summed E-state index contributed by atoms with van der Waals surface area (Å²) in [6, 6.07) is 30.1. The van der Waals surface area contributed by atoms with Gasteiger partial charge < -0.3 is 0 Å². The number of aromatic nitrogens is 2. The van der Waals surface area contributed by atoms with E-state index in [1.54, 1.807) is 0 Å². The van der Waals surface area contributed by atoms with Crippen molar-refractivity contribution in [3.05, 3.63) is 115 Å². The minimum Gasteiger partial charge on any atom is -0.194 e. The smallest absolute Gasteiger partial charge is 0.194 e. The molecule has 0 bridgehead atoms. The van der Waals surface area contributed by atoms with E-state index in [2.05, 4.69) is 119 Å². The first kappa shape index (κ1) is 16.6. The average Bonchev–Trinajstić information content (AvgIpc) is 2.75. The second-order valence-electron chi connectivity index (χ2n) is 7.22. The summed E-state index contributed by atoms with van der Waals surface area (Å²) in [7, 11) is 0. The van der Waals surface area contributed by atoms with Crippen LogP contribution in [0.3, 0.4) is 0 Å². The van der Waals surface area contributed by atoms with Gasteiger partial charge in [-0.3, -0.25) is 0 Å². The number of fused-ring (bicyclic) bond motifs is 3. The van der Waals surface area contributed by atoms with Crippen LogP contribution in [0, 0.1) is 6.92 Å². The van der Waals surface area contributed by atoms with Crippen LogP contribution in [-0.2, 0) is 6.54 Å². The lowest BCUT2D eigenvalue weighted by Gasteiger charge is -2.08. The molecule has 3 aromatic heterocycles. The monoisotopic (exact) mass is 362 g/mol. The molecule has 0 amide bonds. The van der Waals surface area contributed by atoms with Crippen LogP contribution in [0.2, 0.25) is 0 Å². The fraction of sp³-hybridized carbons (Fsp3) is 0.0769. The number of benzene rings is 2. The van der Waals surface area contributed by atoms with Gasteiger partial charge in [0.2, 0.25) is 11.2 Å². The van der Waals surface area contributed by atoms with E-state index >= 15 is 0 Å². The summed E-state index contributed by atoms with van der Waals surface area (Å²) in [4.78, 5) is 0. The third-order valence-electron chi connectivity index (χ3n) is 5.44. The maximum absolute atomic E-state index is 2.35. The first-order valence-corrected chi connectivity index (χ1v) is 9.66. The maximum Gasteiger partial charge on any atom is 0.218 e. The van der Waals surface area contributed by atoms with Gasteiger partial charge in [0.05, 0.1) is 10.9 Å². The average molecular weight is 362 g/mol. The van der Waals surface area contributed by atoms with Crippen molar-refractivity contribution in [2.75, 3.05) is 0 Å². The van der Waals surface area contributed by atoms with Gasteiger partial charge in [-0.05, 0) is 36.8 Å². The van der Waals surface area contributed by atoms with Crippen LogP contribution in [0.5, 0.6) is 0 Å². The molecule has 0 aliphatic heterocycles. The standard InChI is InChI=1S/C26H22N2/c1-20-10-2-3-11-22(20)25-14-6-8-16-27(25)18-21-19-28-17-9-7-15-26(28)24-13-5-4-12-23(21)24/h2-17,19H,18H2,1H3/q+2. The van der Waals surface area contributed by atoms with Gasteiger partial charge in [-0.15, -0.1) is 0 Å². The molecule has 3 heterocycles.